The monoisotopic (exact) mass is 258 g/mol. The van der Waals surface area contributed by atoms with Gasteiger partial charge in [0.25, 0.3) is 5.69 Å². The summed E-state index contributed by atoms with van der Waals surface area (Å²) < 4.78 is 0. The van der Waals surface area contributed by atoms with E-state index in [0.717, 1.165) is 23.6 Å². The Bertz CT molecular complexity index is 596. The second-order valence-corrected chi connectivity index (χ2v) is 4.05. The number of nitro benzene ring substituents is 1. The average Bonchev–Trinajstić information content (AvgIpc) is 2.38. The molecule has 0 radical (unpaired) electrons. The Hall–Kier alpha value is -2.50. The lowest BCUT2D eigenvalue weighted by atomic mass is 10.2. The van der Waals surface area contributed by atoms with Gasteiger partial charge in [-0.2, -0.15) is 0 Å². The van der Waals surface area contributed by atoms with E-state index in [-0.39, 0.29) is 5.69 Å². The maximum absolute atomic E-state index is 10.6. The summed E-state index contributed by atoms with van der Waals surface area (Å²) in [4.78, 5) is 18.9. The van der Waals surface area contributed by atoms with Crippen LogP contribution in [0.2, 0.25) is 0 Å². The SMILES string of the molecule is CCNc1cc(C)nc(-c2ccc([N+](=O)[O-])cc2)n1. The van der Waals surface area contributed by atoms with Gasteiger partial charge in [-0.25, -0.2) is 9.97 Å². The minimum Gasteiger partial charge on any atom is -0.370 e. The van der Waals surface area contributed by atoms with Crippen molar-refractivity contribution in [3.8, 4) is 11.4 Å². The number of non-ortho nitro benzene ring substituents is 1. The van der Waals surface area contributed by atoms with Gasteiger partial charge in [0, 0.05) is 36.0 Å². The topological polar surface area (TPSA) is 81.0 Å². The van der Waals surface area contributed by atoms with Gasteiger partial charge in [-0.05, 0) is 26.0 Å². The van der Waals surface area contributed by atoms with Gasteiger partial charge in [0.1, 0.15) is 5.82 Å². The standard InChI is InChI=1S/C13H14N4O2/c1-3-14-12-8-9(2)15-13(16-12)10-4-6-11(7-5-10)17(18)19/h4-8H,3H2,1-2H3,(H,14,15,16). The van der Waals surface area contributed by atoms with Gasteiger partial charge in [0.05, 0.1) is 4.92 Å². The van der Waals surface area contributed by atoms with Crippen molar-refractivity contribution in [1.82, 2.24) is 9.97 Å². The predicted octanol–water partition coefficient (Wildman–Crippen LogP) is 2.79. The Morgan fingerprint density at radius 3 is 2.53 bits per heavy atom. The van der Waals surface area contributed by atoms with E-state index in [1.807, 2.05) is 19.9 Å². The molecule has 0 spiro atoms. The summed E-state index contributed by atoms with van der Waals surface area (Å²) >= 11 is 0. The molecule has 6 heteroatoms. The molecule has 1 aromatic heterocycles. The van der Waals surface area contributed by atoms with Gasteiger partial charge < -0.3 is 5.32 Å². The van der Waals surface area contributed by atoms with Crippen LogP contribution in [-0.2, 0) is 0 Å². The van der Waals surface area contributed by atoms with Crippen LogP contribution in [0.3, 0.4) is 0 Å². The van der Waals surface area contributed by atoms with Gasteiger partial charge in [-0.3, -0.25) is 10.1 Å². The molecule has 0 aliphatic heterocycles. The summed E-state index contributed by atoms with van der Waals surface area (Å²) in [6.45, 7) is 4.65. The molecule has 2 rings (SSSR count). The van der Waals surface area contributed by atoms with Gasteiger partial charge in [-0.1, -0.05) is 0 Å². The summed E-state index contributed by atoms with van der Waals surface area (Å²) in [6, 6.07) is 8.07. The third-order valence-corrected chi connectivity index (χ3v) is 2.55. The minimum absolute atomic E-state index is 0.0586. The molecule has 0 fully saturated rings. The van der Waals surface area contributed by atoms with E-state index in [1.165, 1.54) is 12.1 Å². The number of hydrogen-bond donors (Lipinski definition) is 1. The zero-order valence-corrected chi connectivity index (χ0v) is 10.8. The highest BCUT2D eigenvalue weighted by Gasteiger charge is 2.08. The van der Waals surface area contributed by atoms with Crippen molar-refractivity contribution in [3.63, 3.8) is 0 Å². The molecule has 1 N–H and O–H groups in total. The molecule has 0 aliphatic rings. The molecular weight excluding hydrogens is 244 g/mol. The highest BCUT2D eigenvalue weighted by Crippen LogP contribution is 2.21. The maximum atomic E-state index is 10.6. The predicted molar refractivity (Wildman–Crippen MR) is 73.0 cm³/mol. The van der Waals surface area contributed by atoms with E-state index in [9.17, 15) is 10.1 Å². The normalized spacial score (nSPS) is 10.2. The minimum atomic E-state index is -0.426. The molecule has 0 atom stereocenters. The summed E-state index contributed by atoms with van der Waals surface area (Å²) in [6.07, 6.45) is 0. The van der Waals surface area contributed by atoms with E-state index in [4.69, 9.17) is 0 Å². The quantitative estimate of drug-likeness (QED) is 0.673. The number of benzene rings is 1. The first kappa shape index (κ1) is 12.9. The number of nitro groups is 1. The lowest BCUT2D eigenvalue weighted by Gasteiger charge is -2.06. The molecule has 6 nitrogen and oxygen atoms in total. The van der Waals surface area contributed by atoms with Gasteiger partial charge in [-0.15, -0.1) is 0 Å². The van der Waals surface area contributed by atoms with Crippen LogP contribution >= 0.6 is 0 Å². The van der Waals surface area contributed by atoms with Gasteiger partial charge >= 0.3 is 0 Å². The zero-order valence-electron chi connectivity index (χ0n) is 10.8. The Labute approximate surface area is 110 Å². The highest BCUT2D eigenvalue weighted by atomic mass is 16.6. The van der Waals surface area contributed by atoms with E-state index < -0.39 is 4.92 Å². The van der Waals surface area contributed by atoms with E-state index in [0.29, 0.717) is 5.82 Å². The van der Waals surface area contributed by atoms with Crippen LogP contribution in [0.1, 0.15) is 12.6 Å². The fraction of sp³-hybridized carbons (Fsp3) is 0.231. The lowest BCUT2D eigenvalue weighted by Crippen LogP contribution is -2.02. The van der Waals surface area contributed by atoms with Crippen molar-refractivity contribution in [2.75, 3.05) is 11.9 Å². The van der Waals surface area contributed by atoms with Crippen LogP contribution in [-0.4, -0.2) is 21.4 Å². The van der Waals surface area contributed by atoms with E-state index >= 15 is 0 Å². The largest absolute Gasteiger partial charge is 0.370 e. The molecular formula is C13H14N4O2. The van der Waals surface area contributed by atoms with Gasteiger partial charge in [0.15, 0.2) is 5.82 Å². The second kappa shape index (κ2) is 5.43. The second-order valence-electron chi connectivity index (χ2n) is 4.05. The van der Waals surface area contributed by atoms with Crippen LogP contribution in [0.5, 0.6) is 0 Å². The van der Waals surface area contributed by atoms with Crippen molar-refractivity contribution in [3.05, 3.63) is 46.1 Å². The molecule has 2 aromatic rings. The van der Waals surface area contributed by atoms with Crippen LogP contribution < -0.4 is 5.32 Å². The van der Waals surface area contributed by atoms with Crippen molar-refractivity contribution in [2.45, 2.75) is 13.8 Å². The fourth-order valence-corrected chi connectivity index (χ4v) is 1.70. The van der Waals surface area contributed by atoms with Crippen molar-refractivity contribution < 1.29 is 4.92 Å². The van der Waals surface area contributed by atoms with Crippen LogP contribution in [0.4, 0.5) is 11.5 Å². The highest BCUT2D eigenvalue weighted by molar-refractivity contribution is 5.59. The number of rotatable bonds is 4. The summed E-state index contributed by atoms with van der Waals surface area (Å²) in [7, 11) is 0. The number of aromatic nitrogens is 2. The fourth-order valence-electron chi connectivity index (χ4n) is 1.70. The summed E-state index contributed by atoms with van der Waals surface area (Å²) in [5, 5.41) is 13.7. The maximum Gasteiger partial charge on any atom is 0.269 e. The number of anilines is 1. The van der Waals surface area contributed by atoms with Crippen LogP contribution in [0, 0.1) is 17.0 Å². The number of aryl methyl sites for hydroxylation is 1. The Kier molecular flexibility index (Phi) is 3.70. The van der Waals surface area contributed by atoms with E-state index in [1.54, 1.807) is 12.1 Å². The molecule has 0 saturated carbocycles. The van der Waals surface area contributed by atoms with Crippen LogP contribution in [0.25, 0.3) is 11.4 Å². The molecule has 1 heterocycles. The first-order valence-electron chi connectivity index (χ1n) is 5.94. The summed E-state index contributed by atoms with van der Waals surface area (Å²) in [5.74, 6) is 1.31. The Morgan fingerprint density at radius 1 is 1.26 bits per heavy atom. The number of nitrogens with zero attached hydrogens (tertiary/aromatic N) is 3. The molecule has 19 heavy (non-hydrogen) atoms. The smallest absolute Gasteiger partial charge is 0.269 e. The summed E-state index contributed by atoms with van der Waals surface area (Å²) in [5.41, 5.74) is 1.66. The van der Waals surface area contributed by atoms with Crippen molar-refractivity contribution in [2.24, 2.45) is 0 Å². The molecule has 0 saturated heterocycles. The molecule has 0 amide bonds. The Morgan fingerprint density at radius 2 is 1.95 bits per heavy atom. The average molecular weight is 258 g/mol. The van der Waals surface area contributed by atoms with Crippen LogP contribution in [0.15, 0.2) is 30.3 Å². The molecule has 0 bridgehead atoms. The zero-order chi connectivity index (χ0) is 13.8. The third kappa shape index (κ3) is 3.04. The Balaban J connectivity index is 2.37. The third-order valence-electron chi connectivity index (χ3n) is 2.55. The molecule has 0 aliphatic carbocycles. The van der Waals surface area contributed by atoms with Crippen molar-refractivity contribution in [1.29, 1.82) is 0 Å². The van der Waals surface area contributed by atoms with E-state index in [2.05, 4.69) is 15.3 Å². The number of hydrogen-bond acceptors (Lipinski definition) is 5. The molecule has 98 valence electrons. The molecule has 1 aromatic carbocycles. The first-order valence-corrected chi connectivity index (χ1v) is 5.94. The van der Waals surface area contributed by atoms with Crippen molar-refractivity contribution >= 4 is 11.5 Å². The lowest BCUT2D eigenvalue weighted by molar-refractivity contribution is -0.384. The number of nitrogens with one attached hydrogen (secondary N) is 1. The molecule has 0 unspecified atom stereocenters. The van der Waals surface area contributed by atoms with Gasteiger partial charge in [0.2, 0.25) is 0 Å². The first-order chi connectivity index (χ1) is 9.10.